The SMILES string of the molecule is COCCN(CCBr)C(=O)C1CCCOC1. The average Bonchev–Trinajstić information content (AvgIpc) is 2.35. The fourth-order valence-electron chi connectivity index (χ4n) is 1.83. The van der Waals surface area contributed by atoms with Crippen molar-refractivity contribution in [2.45, 2.75) is 12.8 Å². The molecule has 1 saturated heterocycles. The van der Waals surface area contributed by atoms with Gasteiger partial charge in [0.1, 0.15) is 0 Å². The topological polar surface area (TPSA) is 38.8 Å². The molecule has 1 amide bonds. The molecule has 0 aromatic rings. The highest BCUT2D eigenvalue weighted by atomic mass is 79.9. The Morgan fingerprint density at radius 1 is 1.56 bits per heavy atom. The Morgan fingerprint density at radius 2 is 2.38 bits per heavy atom. The highest BCUT2D eigenvalue weighted by Crippen LogP contribution is 2.16. The van der Waals surface area contributed by atoms with Gasteiger partial charge in [0.25, 0.3) is 0 Å². The minimum absolute atomic E-state index is 0.0460. The summed E-state index contributed by atoms with van der Waals surface area (Å²) in [6.45, 7) is 3.35. The Morgan fingerprint density at radius 3 is 2.94 bits per heavy atom. The van der Waals surface area contributed by atoms with Gasteiger partial charge in [-0.05, 0) is 12.8 Å². The van der Waals surface area contributed by atoms with E-state index in [1.807, 2.05) is 4.90 Å². The van der Waals surface area contributed by atoms with E-state index in [4.69, 9.17) is 9.47 Å². The zero-order valence-electron chi connectivity index (χ0n) is 9.78. The monoisotopic (exact) mass is 293 g/mol. The number of halogens is 1. The van der Waals surface area contributed by atoms with Gasteiger partial charge in [-0.3, -0.25) is 4.79 Å². The number of hydrogen-bond donors (Lipinski definition) is 0. The van der Waals surface area contributed by atoms with Crippen molar-refractivity contribution in [2.24, 2.45) is 5.92 Å². The first-order valence-corrected chi connectivity index (χ1v) is 6.83. The van der Waals surface area contributed by atoms with Crippen molar-refractivity contribution in [1.82, 2.24) is 4.90 Å². The van der Waals surface area contributed by atoms with Crippen LogP contribution in [0.4, 0.5) is 0 Å². The van der Waals surface area contributed by atoms with Crippen LogP contribution in [0.5, 0.6) is 0 Å². The number of amides is 1. The summed E-state index contributed by atoms with van der Waals surface area (Å²) in [6, 6.07) is 0. The van der Waals surface area contributed by atoms with Crippen LogP contribution in [0.1, 0.15) is 12.8 Å². The maximum absolute atomic E-state index is 12.2. The molecule has 0 spiro atoms. The second-order valence-electron chi connectivity index (χ2n) is 3.92. The summed E-state index contributed by atoms with van der Waals surface area (Å²) >= 11 is 3.37. The molecule has 0 radical (unpaired) electrons. The van der Waals surface area contributed by atoms with E-state index >= 15 is 0 Å². The van der Waals surface area contributed by atoms with Gasteiger partial charge in [-0.25, -0.2) is 0 Å². The van der Waals surface area contributed by atoms with Gasteiger partial charge in [0.05, 0.1) is 19.1 Å². The lowest BCUT2D eigenvalue weighted by Crippen LogP contribution is -2.42. The fraction of sp³-hybridized carbons (Fsp3) is 0.909. The van der Waals surface area contributed by atoms with E-state index in [1.165, 1.54) is 0 Å². The van der Waals surface area contributed by atoms with E-state index in [-0.39, 0.29) is 11.8 Å². The second kappa shape index (κ2) is 8.03. The van der Waals surface area contributed by atoms with Crippen molar-refractivity contribution in [2.75, 3.05) is 45.4 Å². The van der Waals surface area contributed by atoms with Crippen LogP contribution in [0.3, 0.4) is 0 Å². The molecular weight excluding hydrogens is 274 g/mol. The molecule has 0 bridgehead atoms. The van der Waals surface area contributed by atoms with E-state index in [0.717, 1.165) is 31.3 Å². The lowest BCUT2D eigenvalue weighted by Gasteiger charge is -2.28. The van der Waals surface area contributed by atoms with Crippen LogP contribution >= 0.6 is 15.9 Å². The molecule has 1 rings (SSSR count). The fourth-order valence-corrected chi connectivity index (χ4v) is 2.26. The number of carbonyl (C=O) groups excluding carboxylic acids is 1. The molecule has 0 saturated carbocycles. The number of hydrogen-bond acceptors (Lipinski definition) is 3. The molecule has 0 aromatic heterocycles. The average molecular weight is 294 g/mol. The highest BCUT2D eigenvalue weighted by Gasteiger charge is 2.25. The Bertz CT molecular complexity index is 207. The number of rotatable bonds is 6. The normalized spacial score (nSPS) is 20.8. The van der Waals surface area contributed by atoms with Crippen LogP contribution in [-0.2, 0) is 14.3 Å². The van der Waals surface area contributed by atoms with Crippen LogP contribution < -0.4 is 0 Å². The maximum atomic E-state index is 12.2. The van der Waals surface area contributed by atoms with E-state index in [0.29, 0.717) is 19.8 Å². The van der Waals surface area contributed by atoms with Crippen LogP contribution in [0.2, 0.25) is 0 Å². The molecule has 0 aromatic carbocycles. The van der Waals surface area contributed by atoms with E-state index < -0.39 is 0 Å². The molecule has 1 aliphatic rings. The van der Waals surface area contributed by atoms with E-state index in [2.05, 4.69) is 15.9 Å². The van der Waals surface area contributed by atoms with Gasteiger partial charge in [-0.1, -0.05) is 15.9 Å². The van der Waals surface area contributed by atoms with Gasteiger partial charge in [0.2, 0.25) is 5.91 Å². The second-order valence-corrected chi connectivity index (χ2v) is 4.71. The van der Waals surface area contributed by atoms with Gasteiger partial charge in [0, 0.05) is 32.1 Å². The molecule has 5 heteroatoms. The van der Waals surface area contributed by atoms with Crippen molar-refractivity contribution < 1.29 is 14.3 Å². The molecule has 4 nitrogen and oxygen atoms in total. The molecule has 1 unspecified atom stereocenters. The van der Waals surface area contributed by atoms with Crippen LogP contribution in [0.25, 0.3) is 0 Å². The van der Waals surface area contributed by atoms with Gasteiger partial charge >= 0.3 is 0 Å². The summed E-state index contributed by atoms with van der Waals surface area (Å²) in [7, 11) is 1.65. The molecule has 16 heavy (non-hydrogen) atoms. The van der Waals surface area contributed by atoms with Gasteiger partial charge in [-0.2, -0.15) is 0 Å². The van der Waals surface area contributed by atoms with Crippen molar-refractivity contribution in [1.29, 1.82) is 0 Å². The molecule has 1 fully saturated rings. The molecule has 94 valence electrons. The van der Waals surface area contributed by atoms with Gasteiger partial charge < -0.3 is 14.4 Å². The van der Waals surface area contributed by atoms with Crippen LogP contribution in [0, 0.1) is 5.92 Å². The summed E-state index contributed by atoms with van der Waals surface area (Å²) in [6.07, 6.45) is 1.94. The number of nitrogens with zero attached hydrogens (tertiary/aromatic N) is 1. The van der Waals surface area contributed by atoms with E-state index in [9.17, 15) is 4.79 Å². The Labute approximate surface area is 105 Å². The van der Waals surface area contributed by atoms with Gasteiger partial charge in [-0.15, -0.1) is 0 Å². The predicted molar refractivity (Wildman–Crippen MR) is 65.8 cm³/mol. The largest absolute Gasteiger partial charge is 0.383 e. The third-order valence-electron chi connectivity index (χ3n) is 2.74. The van der Waals surface area contributed by atoms with Crippen LogP contribution in [-0.4, -0.2) is 56.2 Å². The Balaban J connectivity index is 2.44. The molecule has 1 aliphatic heterocycles. The van der Waals surface area contributed by atoms with Crippen molar-refractivity contribution in [3.63, 3.8) is 0 Å². The molecular formula is C11H20BrNO3. The van der Waals surface area contributed by atoms with Crippen molar-refractivity contribution >= 4 is 21.8 Å². The molecule has 1 atom stereocenters. The quantitative estimate of drug-likeness (QED) is 0.693. The number of ether oxygens (including phenoxy) is 2. The molecule has 0 N–H and O–H groups in total. The third-order valence-corrected chi connectivity index (χ3v) is 3.10. The smallest absolute Gasteiger partial charge is 0.228 e. The summed E-state index contributed by atoms with van der Waals surface area (Å²) < 4.78 is 10.4. The van der Waals surface area contributed by atoms with Crippen molar-refractivity contribution in [3.05, 3.63) is 0 Å². The first-order chi connectivity index (χ1) is 7.79. The number of alkyl halides is 1. The first kappa shape index (κ1) is 13.9. The first-order valence-electron chi connectivity index (χ1n) is 5.71. The minimum atomic E-state index is 0.0460. The summed E-state index contributed by atoms with van der Waals surface area (Å²) in [5.74, 6) is 0.251. The lowest BCUT2D eigenvalue weighted by atomic mass is 10.0. The lowest BCUT2D eigenvalue weighted by molar-refractivity contribution is -0.140. The standard InChI is InChI=1S/C11H20BrNO3/c1-15-8-6-13(5-4-12)11(14)10-3-2-7-16-9-10/h10H,2-9H2,1H3. The zero-order valence-corrected chi connectivity index (χ0v) is 11.4. The molecule has 1 heterocycles. The predicted octanol–water partition coefficient (Wildman–Crippen LogP) is 1.28. The highest BCUT2D eigenvalue weighted by molar-refractivity contribution is 9.09. The Kier molecular flexibility index (Phi) is 7.00. The van der Waals surface area contributed by atoms with Crippen LogP contribution in [0.15, 0.2) is 0 Å². The number of carbonyl (C=O) groups is 1. The number of methoxy groups -OCH3 is 1. The summed E-state index contributed by atoms with van der Waals surface area (Å²) in [5, 5.41) is 0.802. The summed E-state index contributed by atoms with van der Waals surface area (Å²) in [4.78, 5) is 14.0. The Hall–Kier alpha value is -0.130. The zero-order chi connectivity index (χ0) is 11.8. The van der Waals surface area contributed by atoms with Gasteiger partial charge in [0.15, 0.2) is 0 Å². The van der Waals surface area contributed by atoms with Crippen molar-refractivity contribution in [3.8, 4) is 0 Å². The molecule has 0 aliphatic carbocycles. The van der Waals surface area contributed by atoms with E-state index in [1.54, 1.807) is 7.11 Å². The summed E-state index contributed by atoms with van der Waals surface area (Å²) in [5.41, 5.74) is 0. The maximum Gasteiger partial charge on any atom is 0.228 e. The third kappa shape index (κ3) is 4.39. The minimum Gasteiger partial charge on any atom is -0.383 e.